The molecule has 102 valence electrons. The molecular formula is C14H13ClN4O. The first kappa shape index (κ1) is 12.9. The highest BCUT2D eigenvalue weighted by Gasteiger charge is 2.31. The van der Waals surface area contributed by atoms with Crippen molar-refractivity contribution < 1.29 is 4.79 Å². The first-order chi connectivity index (χ1) is 9.72. The molecule has 0 bridgehead atoms. The molecule has 2 aromatic rings. The van der Waals surface area contributed by atoms with Gasteiger partial charge in [0.25, 0.3) is 0 Å². The van der Waals surface area contributed by atoms with Gasteiger partial charge in [-0.2, -0.15) is 15.0 Å². The average molecular weight is 289 g/mol. The average Bonchev–Trinajstić information content (AvgIpc) is 2.90. The van der Waals surface area contributed by atoms with Crippen LogP contribution in [0.4, 0.5) is 0 Å². The van der Waals surface area contributed by atoms with Crippen LogP contribution < -0.4 is 0 Å². The molecule has 0 radical (unpaired) electrons. The summed E-state index contributed by atoms with van der Waals surface area (Å²) in [5, 5.41) is 8.83. The van der Waals surface area contributed by atoms with E-state index in [0.29, 0.717) is 18.1 Å². The van der Waals surface area contributed by atoms with Crippen LogP contribution in [0, 0.1) is 0 Å². The van der Waals surface area contributed by atoms with Crippen LogP contribution in [0.2, 0.25) is 5.02 Å². The lowest BCUT2D eigenvalue weighted by atomic mass is 10.1. The number of likely N-dealkylation sites (tertiary alicyclic amines) is 1. The Morgan fingerprint density at radius 2 is 1.85 bits per heavy atom. The molecule has 1 saturated heterocycles. The highest BCUT2D eigenvalue weighted by Crippen LogP contribution is 2.19. The summed E-state index contributed by atoms with van der Waals surface area (Å²) in [7, 11) is 0. The van der Waals surface area contributed by atoms with Crippen LogP contribution in [0.3, 0.4) is 0 Å². The monoisotopic (exact) mass is 288 g/mol. The van der Waals surface area contributed by atoms with Crippen molar-refractivity contribution in [1.82, 2.24) is 19.9 Å². The number of aromatic nitrogens is 3. The standard InChI is InChI=1S/C14H13ClN4O/c15-12-4-1-11(2-5-12)3-6-14(20)18-9-13(10-18)19-16-7-8-17-19/h1-8,13H,9-10H2/b6-3+. The Hall–Kier alpha value is -2.14. The molecule has 1 aliphatic heterocycles. The summed E-state index contributed by atoms with van der Waals surface area (Å²) in [6, 6.07) is 7.54. The molecule has 0 N–H and O–H groups in total. The predicted molar refractivity (Wildman–Crippen MR) is 76.1 cm³/mol. The van der Waals surface area contributed by atoms with E-state index in [4.69, 9.17) is 11.6 Å². The summed E-state index contributed by atoms with van der Waals surface area (Å²) < 4.78 is 0. The molecular weight excluding hydrogens is 276 g/mol. The number of hydrogen-bond donors (Lipinski definition) is 0. The van der Waals surface area contributed by atoms with Gasteiger partial charge >= 0.3 is 0 Å². The fourth-order valence-corrected chi connectivity index (χ4v) is 2.17. The molecule has 0 saturated carbocycles. The minimum Gasteiger partial charge on any atom is -0.335 e. The first-order valence-corrected chi connectivity index (χ1v) is 6.68. The van der Waals surface area contributed by atoms with Crippen molar-refractivity contribution in [3.8, 4) is 0 Å². The van der Waals surface area contributed by atoms with Gasteiger partial charge in [0, 0.05) is 24.2 Å². The molecule has 0 unspecified atom stereocenters. The Morgan fingerprint density at radius 1 is 1.20 bits per heavy atom. The minimum absolute atomic E-state index is 0.00311. The number of carbonyl (C=O) groups excluding carboxylic acids is 1. The Morgan fingerprint density at radius 3 is 2.50 bits per heavy atom. The molecule has 1 aliphatic rings. The fraction of sp³-hybridized carbons (Fsp3) is 0.214. The van der Waals surface area contributed by atoms with Gasteiger partial charge in [-0.05, 0) is 23.8 Å². The topological polar surface area (TPSA) is 51.0 Å². The van der Waals surface area contributed by atoms with E-state index < -0.39 is 0 Å². The van der Waals surface area contributed by atoms with E-state index in [1.54, 1.807) is 46.4 Å². The molecule has 6 heteroatoms. The number of halogens is 1. The van der Waals surface area contributed by atoms with Crippen LogP contribution in [-0.4, -0.2) is 38.9 Å². The van der Waals surface area contributed by atoms with Crippen LogP contribution in [0.15, 0.2) is 42.7 Å². The normalized spacial score (nSPS) is 15.6. The second-order valence-electron chi connectivity index (χ2n) is 4.63. The van der Waals surface area contributed by atoms with E-state index in [0.717, 1.165) is 5.56 Å². The molecule has 1 aromatic heterocycles. The van der Waals surface area contributed by atoms with Gasteiger partial charge in [-0.3, -0.25) is 4.79 Å². The molecule has 2 heterocycles. The molecule has 3 rings (SSSR count). The lowest BCUT2D eigenvalue weighted by Gasteiger charge is -2.37. The number of benzene rings is 1. The zero-order valence-electron chi connectivity index (χ0n) is 10.7. The van der Waals surface area contributed by atoms with E-state index in [2.05, 4.69) is 10.2 Å². The zero-order chi connectivity index (χ0) is 13.9. The van der Waals surface area contributed by atoms with Crippen molar-refractivity contribution in [1.29, 1.82) is 0 Å². The third kappa shape index (κ3) is 2.72. The van der Waals surface area contributed by atoms with Crippen molar-refractivity contribution in [2.45, 2.75) is 6.04 Å². The number of hydrogen-bond acceptors (Lipinski definition) is 3. The summed E-state index contributed by atoms with van der Waals surface area (Å²) in [5.74, 6) is 0.00311. The van der Waals surface area contributed by atoms with Gasteiger partial charge in [0.05, 0.1) is 12.4 Å². The van der Waals surface area contributed by atoms with Crippen molar-refractivity contribution >= 4 is 23.6 Å². The summed E-state index contributed by atoms with van der Waals surface area (Å²) in [4.78, 5) is 15.4. The highest BCUT2D eigenvalue weighted by atomic mass is 35.5. The third-order valence-electron chi connectivity index (χ3n) is 3.23. The lowest BCUT2D eigenvalue weighted by molar-refractivity contribution is -0.131. The number of nitrogens with zero attached hydrogens (tertiary/aromatic N) is 4. The number of amides is 1. The highest BCUT2D eigenvalue weighted by molar-refractivity contribution is 6.30. The van der Waals surface area contributed by atoms with Crippen LogP contribution in [0.5, 0.6) is 0 Å². The van der Waals surface area contributed by atoms with Crippen molar-refractivity contribution in [3.63, 3.8) is 0 Å². The van der Waals surface area contributed by atoms with Gasteiger partial charge in [0.15, 0.2) is 0 Å². The lowest BCUT2D eigenvalue weighted by Crippen LogP contribution is -2.50. The maximum atomic E-state index is 11.9. The second kappa shape index (κ2) is 5.46. The largest absolute Gasteiger partial charge is 0.335 e. The predicted octanol–water partition coefficient (Wildman–Crippen LogP) is 2.03. The Labute approximate surface area is 121 Å². The molecule has 5 nitrogen and oxygen atoms in total. The van der Waals surface area contributed by atoms with Crippen molar-refractivity contribution in [3.05, 3.63) is 53.3 Å². The minimum atomic E-state index is 0.00311. The quantitative estimate of drug-likeness (QED) is 0.812. The first-order valence-electron chi connectivity index (χ1n) is 6.31. The van der Waals surface area contributed by atoms with E-state index >= 15 is 0 Å². The van der Waals surface area contributed by atoms with E-state index in [9.17, 15) is 4.79 Å². The maximum absolute atomic E-state index is 11.9. The third-order valence-corrected chi connectivity index (χ3v) is 3.48. The van der Waals surface area contributed by atoms with Gasteiger partial charge in [0.1, 0.15) is 6.04 Å². The Balaban J connectivity index is 1.55. The maximum Gasteiger partial charge on any atom is 0.246 e. The van der Waals surface area contributed by atoms with Gasteiger partial charge in [-0.1, -0.05) is 23.7 Å². The van der Waals surface area contributed by atoms with E-state index in [-0.39, 0.29) is 11.9 Å². The van der Waals surface area contributed by atoms with Crippen LogP contribution >= 0.6 is 11.6 Å². The van der Waals surface area contributed by atoms with Crippen LogP contribution in [0.25, 0.3) is 6.08 Å². The number of carbonyl (C=O) groups is 1. The van der Waals surface area contributed by atoms with Gasteiger partial charge in [0.2, 0.25) is 5.91 Å². The Kier molecular flexibility index (Phi) is 3.52. The van der Waals surface area contributed by atoms with Gasteiger partial charge in [-0.25, -0.2) is 0 Å². The fourth-order valence-electron chi connectivity index (χ4n) is 2.04. The smallest absolute Gasteiger partial charge is 0.246 e. The van der Waals surface area contributed by atoms with E-state index in [1.165, 1.54) is 0 Å². The summed E-state index contributed by atoms with van der Waals surface area (Å²) >= 11 is 5.81. The molecule has 1 aromatic carbocycles. The molecule has 0 atom stereocenters. The summed E-state index contributed by atoms with van der Waals surface area (Å²) in [6.07, 6.45) is 6.66. The van der Waals surface area contributed by atoms with Crippen molar-refractivity contribution in [2.24, 2.45) is 0 Å². The van der Waals surface area contributed by atoms with Gasteiger partial charge < -0.3 is 4.90 Å². The Bertz CT molecular complexity index is 615. The molecule has 20 heavy (non-hydrogen) atoms. The second-order valence-corrected chi connectivity index (χ2v) is 5.07. The molecule has 1 amide bonds. The van der Waals surface area contributed by atoms with E-state index in [1.807, 2.05) is 12.1 Å². The molecule has 0 spiro atoms. The van der Waals surface area contributed by atoms with Crippen molar-refractivity contribution in [2.75, 3.05) is 13.1 Å². The summed E-state index contributed by atoms with van der Waals surface area (Å²) in [6.45, 7) is 1.30. The van der Waals surface area contributed by atoms with Crippen LogP contribution in [0.1, 0.15) is 11.6 Å². The zero-order valence-corrected chi connectivity index (χ0v) is 11.4. The van der Waals surface area contributed by atoms with Crippen LogP contribution in [-0.2, 0) is 4.79 Å². The summed E-state index contributed by atoms with van der Waals surface area (Å²) in [5.41, 5.74) is 0.952. The number of rotatable bonds is 3. The molecule has 1 fully saturated rings. The molecule has 0 aliphatic carbocycles. The van der Waals surface area contributed by atoms with Gasteiger partial charge in [-0.15, -0.1) is 0 Å². The SMILES string of the molecule is O=C(/C=C/c1ccc(Cl)cc1)N1CC(n2nccn2)C1.